The average Bonchev–Trinajstić information content (AvgIpc) is 2.19. The molecule has 0 aliphatic heterocycles. The highest BCUT2D eigenvalue weighted by Crippen LogP contribution is 2.19. The van der Waals surface area contributed by atoms with Crippen LogP contribution in [0.5, 0.6) is 0 Å². The van der Waals surface area contributed by atoms with Gasteiger partial charge in [0.15, 0.2) is 11.6 Å². The molecular formula is C13H17BrF2. The third-order valence-electron chi connectivity index (χ3n) is 2.46. The molecule has 0 saturated heterocycles. The first-order valence-electron chi connectivity index (χ1n) is 5.57. The maximum atomic E-state index is 12.9. The van der Waals surface area contributed by atoms with Crippen molar-refractivity contribution >= 4 is 15.9 Å². The summed E-state index contributed by atoms with van der Waals surface area (Å²) in [4.78, 5) is 0.445. The van der Waals surface area contributed by atoms with E-state index in [4.69, 9.17) is 0 Å². The number of aryl methyl sites for hydroxylation is 1. The fraction of sp³-hybridized carbons (Fsp3) is 0.538. The Kier molecular flexibility index (Phi) is 5.39. The van der Waals surface area contributed by atoms with Gasteiger partial charge in [0, 0.05) is 4.83 Å². The smallest absolute Gasteiger partial charge is 0.159 e. The molecule has 0 amide bonds. The average molecular weight is 291 g/mol. The van der Waals surface area contributed by atoms with E-state index in [1.807, 2.05) is 0 Å². The lowest BCUT2D eigenvalue weighted by atomic mass is 10.0. The van der Waals surface area contributed by atoms with Crippen LogP contribution in [0.2, 0.25) is 0 Å². The summed E-state index contributed by atoms with van der Waals surface area (Å²) in [6.45, 7) is 4.34. The fourth-order valence-electron chi connectivity index (χ4n) is 1.65. The van der Waals surface area contributed by atoms with Crippen molar-refractivity contribution in [1.29, 1.82) is 0 Å². The van der Waals surface area contributed by atoms with Gasteiger partial charge in [0.2, 0.25) is 0 Å². The molecule has 90 valence electrons. The number of benzene rings is 1. The predicted molar refractivity (Wildman–Crippen MR) is 66.8 cm³/mol. The van der Waals surface area contributed by atoms with Crippen molar-refractivity contribution in [2.75, 3.05) is 0 Å². The van der Waals surface area contributed by atoms with Gasteiger partial charge in [0.25, 0.3) is 0 Å². The van der Waals surface area contributed by atoms with Crippen molar-refractivity contribution in [2.24, 2.45) is 5.92 Å². The number of halogens is 3. The fourth-order valence-corrected chi connectivity index (χ4v) is 2.62. The van der Waals surface area contributed by atoms with E-state index in [9.17, 15) is 8.78 Å². The largest absolute Gasteiger partial charge is 0.204 e. The molecule has 1 rings (SSSR count). The van der Waals surface area contributed by atoms with Crippen LogP contribution < -0.4 is 0 Å². The molecular weight excluding hydrogens is 274 g/mol. The third-order valence-corrected chi connectivity index (χ3v) is 3.29. The van der Waals surface area contributed by atoms with Gasteiger partial charge in [-0.15, -0.1) is 0 Å². The first kappa shape index (κ1) is 13.6. The first-order chi connectivity index (χ1) is 7.49. The molecule has 0 heterocycles. The highest BCUT2D eigenvalue weighted by molar-refractivity contribution is 9.09. The monoisotopic (exact) mass is 290 g/mol. The molecule has 1 aromatic rings. The highest BCUT2D eigenvalue weighted by Gasteiger charge is 2.08. The van der Waals surface area contributed by atoms with Gasteiger partial charge in [0.05, 0.1) is 0 Å². The van der Waals surface area contributed by atoms with Crippen LogP contribution in [-0.4, -0.2) is 4.83 Å². The molecule has 0 aliphatic carbocycles. The summed E-state index contributed by atoms with van der Waals surface area (Å²) in [6.07, 6.45) is 2.83. The Morgan fingerprint density at radius 3 is 2.44 bits per heavy atom. The summed E-state index contributed by atoms with van der Waals surface area (Å²) in [5.74, 6) is -0.886. The molecule has 0 radical (unpaired) electrons. The van der Waals surface area contributed by atoms with Crippen LogP contribution >= 0.6 is 15.9 Å². The number of rotatable bonds is 5. The zero-order chi connectivity index (χ0) is 12.1. The van der Waals surface area contributed by atoms with Gasteiger partial charge in [0.1, 0.15) is 0 Å². The molecule has 0 fully saturated rings. The maximum Gasteiger partial charge on any atom is 0.159 e. The lowest BCUT2D eigenvalue weighted by molar-refractivity contribution is 0.506. The first-order valence-corrected chi connectivity index (χ1v) is 6.48. The Hall–Kier alpha value is -0.440. The van der Waals surface area contributed by atoms with E-state index in [2.05, 4.69) is 29.8 Å². The van der Waals surface area contributed by atoms with E-state index >= 15 is 0 Å². The number of hydrogen-bond donors (Lipinski definition) is 0. The second kappa shape index (κ2) is 6.33. The van der Waals surface area contributed by atoms with Crippen molar-refractivity contribution in [3.05, 3.63) is 35.4 Å². The van der Waals surface area contributed by atoms with Gasteiger partial charge in [-0.05, 0) is 42.9 Å². The molecule has 1 unspecified atom stereocenters. The molecule has 16 heavy (non-hydrogen) atoms. The summed E-state index contributed by atoms with van der Waals surface area (Å²) in [6, 6.07) is 4.12. The van der Waals surface area contributed by atoms with Crippen LogP contribution in [0.15, 0.2) is 18.2 Å². The quantitative estimate of drug-likeness (QED) is 0.689. The Balaban J connectivity index is 2.45. The highest BCUT2D eigenvalue weighted by atomic mass is 79.9. The topological polar surface area (TPSA) is 0 Å². The minimum atomic E-state index is -0.777. The van der Waals surface area contributed by atoms with Crippen LogP contribution in [0, 0.1) is 17.6 Å². The van der Waals surface area contributed by atoms with E-state index < -0.39 is 11.6 Å². The van der Waals surface area contributed by atoms with E-state index in [1.165, 1.54) is 12.1 Å². The van der Waals surface area contributed by atoms with Gasteiger partial charge >= 0.3 is 0 Å². The van der Waals surface area contributed by atoms with E-state index in [1.54, 1.807) is 6.07 Å². The molecule has 0 spiro atoms. The molecule has 0 N–H and O–H groups in total. The Labute approximate surface area is 104 Å². The standard InChI is InChI=1S/C13H17BrF2/c1-9(2)7-11(14)5-3-10-4-6-12(15)13(16)8-10/h4,6,8-9,11H,3,5,7H2,1-2H3. The van der Waals surface area contributed by atoms with Crippen LogP contribution in [-0.2, 0) is 6.42 Å². The zero-order valence-corrected chi connectivity index (χ0v) is 11.2. The normalized spacial score (nSPS) is 13.1. The molecule has 0 aromatic heterocycles. The summed E-state index contributed by atoms with van der Waals surface area (Å²) >= 11 is 3.60. The Morgan fingerprint density at radius 2 is 1.88 bits per heavy atom. The second-order valence-corrected chi connectivity index (χ2v) is 5.81. The molecule has 0 bridgehead atoms. The lowest BCUT2D eigenvalue weighted by Crippen LogP contribution is -2.04. The second-order valence-electron chi connectivity index (χ2n) is 4.51. The zero-order valence-electron chi connectivity index (χ0n) is 9.64. The molecule has 1 atom stereocenters. The molecule has 1 aromatic carbocycles. The van der Waals surface area contributed by atoms with Gasteiger partial charge in [-0.3, -0.25) is 0 Å². The molecule has 0 nitrogen and oxygen atoms in total. The number of hydrogen-bond acceptors (Lipinski definition) is 0. The van der Waals surface area contributed by atoms with Gasteiger partial charge < -0.3 is 0 Å². The van der Waals surface area contributed by atoms with E-state index in [0.29, 0.717) is 10.7 Å². The van der Waals surface area contributed by atoms with Crippen molar-refractivity contribution < 1.29 is 8.78 Å². The maximum absolute atomic E-state index is 12.9. The molecule has 3 heteroatoms. The molecule has 0 saturated carbocycles. The van der Waals surface area contributed by atoms with Gasteiger partial charge in [-0.2, -0.15) is 0 Å². The van der Waals surface area contributed by atoms with Crippen molar-refractivity contribution in [3.8, 4) is 0 Å². The summed E-state index contributed by atoms with van der Waals surface area (Å²) in [5, 5.41) is 0. The predicted octanol–water partition coefficient (Wildman–Crippen LogP) is 4.71. The van der Waals surface area contributed by atoms with Crippen LogP contribution in [0.4, 0.5) is 8.78 Å². The van der Waals surface area contributed by atoms with Crippen LogP contribution in [0.1, 0.15) is 32.3 Å². The van der Waals surface area contributed by atoms with Gasteiger partial charge in [-0.25, -0.2) is 8.78 Å². The molecule has 0 aliphatic rings. The summed E-state index contributed by atoms with van der Waals surface area (Å²) in [5.41, 5.74) is 0.854. The van der Waals surface area contributed by atoms with Crippen LogP contribution in [0.25, 0.3) is 0 Å². The van der Waals surface area contributed by atoms with Crippen LogP contribution in [0.3, 0.4) is 0 Å². The summed E-state index contributed by atoms with van der Waals surface area (Å²) in [7, 11) is 0. The third kappa shape index (κ3) is 4.60. The summed E-state index contributed by atoms with van der Waals surface area (Å²) < 4.78 is 25.6. The van der Waals surface area contributed by atoms with Crippen molar-refractivity contribution in [3.63, 3.8) is 0 Å². The Morgan fingerprint density at radius 1 is 1.19 bits per heavy atom. The van der Waals surface area contributed by atoms with Crippen molar-refractivity contribution in [1.82, 2.24) is 0 Å². The lowest BCUT2D eigenvalue weighted by Gasteiger charge is -2.12. The SMILES string of the molecule is CC(C)CC(Br)CCc1ccc(F)c(F)c1. The Bertz CT molecular complexity index is 337. The minimum Gasteiger partial charge on any atom is -0.204 e. The number of alkyl halides is 1. The van der Waals surface area contributed by atoms with Crippen molar-refractivity contribution in [2.45, 2.75) is 37.9 Å². The van der Waals surface area contributed by atoms with E-state index in [-0.39, 0.29) is 0 Å². The van der Waals surface area contributed by atoms with E-state index in [0.717, 1.165) is 24.8 Å². The minimum absolute atomic E-state index is 0.445. The van der Waals surface area contributed by atoms with Gasteiger partial charge in [-0.1, -0.05) is 35.8 Å².